The van der Waals surface area contributed by atoms with Crippen LogP contribution in [0.5, 0.6) is 0 Å². The number of aryl methyl sites for hydroxylation is 1. The molecule has 0 heterocycles. The normalized spacial score (nSPS) is 10.8. The number of hydrogen-bond donors (Lipinski definition) is 2. The quantitative estimate of drug-likeness (QED) is 0.617. The highest BCUT2D eigenvalue weighted by atomic mass is 14.9. The van der Waals surface area contributed by atoms with Gasteiger partial charge >= 0.3 is 0 Å². The van der Waals surface area contributed by atoms with E-state index in [9.17, 15) is 0 Å². The Bertz CT molecular complexity index is 655. The molecular weight excluding hydrogens is 258 g/mol. The minimum Gasteiger partial charge on any atom is -0.397 e. The van der Waals surface area contributed by atoms with Crippen molar-refractivity contribution >= 4 is 23.3 Å². The zero-order valence-electron chi connectivity index (χ0n) is 12.6. The topological polar surface area (TPSA) is 50.4 Å². The van der Waals surface area contributed by atoms with Crippen LogP contribution >= 0.6 is 0 Å². The van der Waals surface area contributed by atoms with Crippen molar-refractivity contribution in [1.82, 2.24) is 0 Å². The van der Waals surface area contributed by atoms with E-state index in [1.807, 2.05) is 43.5 Å². The van der Waals surface area contributed by atoms with Crippen LogP contribution in [-0.4, -0.2) is 6.21 Å². The SMILES string of the molecule is C=C(CC)Nc1ccc(N=Cc2ccc(C)cc2)cc1N. The van der Waals surface area contributed by atoms with Gasteiger partial charge in [-0.05, 0) is 37.1 Å². The van der Waals surface area contributed by atoms with Crippen LogP contribution in [0.2, 0.25) is 0 Å². The fourth-order valence-corrected chi connectivity index (χ4v) is 1.82. The first-order valence-electron chi connectivity index (χ1n) is 7.03. The lowest BCUT2D eigenvalue weighted by Gasteiger charge is -2.10. The predicted octanol–water partition coefficient (Wildman–Crippen LogP) is 4.66. The Morgan fingerprint density at radius 1 is 1.24 bits per heavy atom. The maximum atomic E-state index is 6.04. The molecule has 0 aliphatic carbocycles. The summed E-state index contributed by atoms with van der Waals surface area (Å²) in [7, 11) is 0. The fraction of sp³-hybridized carbons (Fsp3) is 0.167. The molecule has 108 valence electrons. The zero-order valence-corrected chi connectivity index (χ0v) is 12.6. The number of aliphatic imine (C=N–C) groups is 1. The molecule has 0 aliphatic heterocycles. The number of nitrogen functional groups attached to an aromatic ring is 1. The van der Waals surface area contributed by atoms with E-state index < -0.39 is 0 Å². The Morgan fingerprint density at radius 2 is 1.95 bits per heavy atom. The van der Waals surface area contributed by atoms with Gasteiger partial charge in [-0.25, -0.2) is 0 Å². The third-order valence-corrected chi connectivity index (χ3v) is 3.21. The summed E-state index contributed by atoms with van der Waals surface area (Å²) in [5.74, 6) is 0. The summed E-state index contributed by atoms with van der Waals surface area (Å²) in [6.45, 7) is 8.03. The highest BCUT2D eigenvalue weighted by molar-refractivity contribution is 5.83. The van der Waals surface area contributed by atoms with Gasteiger partial charge in [0.1, 0.15) is 0 Å². The molecule has 2 aromatic carbocycles. The largest absolute Gasteiger partial charge is 0.397 e. The van der Waals surface area contributed by atoms with Crippen molar-refractivity contribution in [3.63, 3.8) is 0 Å². The van der Waals surface area contributed by atoms with E-state index in [1.165, 1.54) is 5.56 Å². The third-order valence-electron chi connectivity index (χ3n) is 3.21. The number of rotatable bonds is 5. The van der Waals surface area contributed by atoms with E-state index in [2.05, 4.69) is 35.9 Å². The Kier molecular flexibility index (Phi) is 4.77. The molecule has 2 aromatic rings. The molecule has 3 nitrogen and oxygen atoms in total. The molecule has 0 saturated heterocycles. The van der Waals surface area contributed by atoms with Crippen LogP contribution in [0.15, 0.2) is 59.7 Å². The Morgan fingerprint density at radius 3 is 2.57 bits per heavy atom. The van der Waals surface area contributed by atoms with Crippen molar-refractivity contribution in [3.8, 4) is 0 Å². The van der Waals surface area contributed by atoms with Gasteiger partial charge in [0.2, 0.25) is 0 Å². The van der Waals surface area contributed by atoms with E-state index >= 15 is 0 Å². The van der Waals surface area contributed by atoms with Crippen LogP contribution in [0.25, 0.3) is 0 Å². The van der Waals surface area contributed by atoms with E-state index in [0.29, 0.717) is 5.69 Å². The highest BCUT2D eigenvalue weighted by Crippen LogP contribution is 2.25. The summed E-state index contributed by atoms with van der Waals surface area (Å²) in [6, 6.07) is 13.9. The third kappa shape index (κ3) is 4.21. The van der Waals surface area contributed by atoms with Crippen LogP contribution in [0.1, 0.15) is 24.5 Å². The van der Waals surface area contributed by atoms with Gasteiger partial charge in [-0.2, -0.15) is 0 Å². The molecule has 0 aromatic heterocycles. The molecule has 0 radical (unpaired) electrons. The molecule has 2 rings (SSSR count). The fourth-order valence-electron chi connectivity index (χ4n) is 1.82. The van der Waals surface area contributed by atoms with Gasteiger partial charge in [-0.1, -0.05) is 43.3 Å². The monoisotopic (exact) mass is 279 g/mol. The number of anilines is 2. The molecule has 21 heavy (non-hydrogen) atoms. The van der Waals surface area contributed by atoms with Crippen molar-refractivity contribution in [2.75, 3.05) is 11.1 Å². The van der Waals surface area contributed by atoms with E-state index in [0.717, 1.165) is 29.1 Å². The van der Waals surface area contributed by atoms with Crippen LogP contribution < -0.4 is 11.1 Å². The number of allylic oxidation sites excluding steroid dienone is 1. The highest BCUT2D eigenvalue weighted by Gasteiger charge is 2.00. The molecule has 0 fully saturated rings. The van der Waals surface area contributed by atoms with Crippen molar-refractivity contribution in [2.45, 2.75) is 20.3 Å². The second-order valence-corrected chi connectivity index (χ2v) is 5.02. The number of benzene rings is 2. The number of hydrogen-bond acceptors (Lipinski definition) is 3. The summed E-state index contributed by atoms with van der Waals surface area (Å²) >= 11 is 0. The average molecular weight is 279 g/mol. The second kappa shape index (κ2) is 6.75. The minimum absolute atomic E-state index is 0.670. The second-order valence-electron chi connectivity index (χ2n) is 5.02. The molecule has 0 atom stereocenters. The van der Waals surface area contributed by atoms with Crippen LogP contribution in [0.3, 0.4) is 0 Å². The molecule has 0 bridgehead atoms. The molecule has 0 aliphatic rings. The van der Waals surface area contributed by atoms with Gasteiger partial charge in [-0.15, -0.1) is 0 Å². The van der Waals surface area contributed by atoms with E-state index in [4.69, 9.17) is 5.73 Å². The van der Waals surface area contributed by atoms with Crippen LogP contribution in [-0.2, 0) is 0 Å². The van der Waals surface area contributed by atoms with Gasteiger partial charge in [0.25, 0.3) is 0 Å². The first-order valence-corrected chi connectivity index (χ1v) is 7.03. The standard InChI is InChI=1S/C18H21N3/c1-4-14(3)21-18-10-9-16(11-17(18)19)20-12-15-7-5-13(2)6-8-15/h5-12,21H,3-4,19H2,1-2H3. The summed E-state index contributed by atoms with van der Waals surface area (Å²) in [5, 5.41) is 3.20. The van der Waals surface area contributed by atoms with Crippen molar-refractivity contribution in [2.24, 2.45) is 4.99 Å². The first-order chi connectivity index (χ1) is 10.1. The summed E-state index contributed by atoms with van der Waals surface area (Å²) in [5.41, 5.74) is 11.7. The van der Waals surface area contributed by atoms with Crippen molar-refractivity contribution in [1.29, 1.82) is 0 Å². The molecular formula is C18H21N3. The van der Waals surface area contributed by atoms with Crippen molar-refractivity contribution < 1.29 is 0 Å². The van der Waals surface area contributed by atoms with Crippen LogP contribution in [0.4, 0.5) is 17.1 Å². The lowest BCUT2D eigenvalue weighted by atomic mass is 10.2. The average Bonchev–Trinajstić information content (AvgIpc) is 2.49. The van der Waals surface area contributed by atoms with Gasteiger partial charge in [0.05, 0.1) is 17.1 Å². The minimum atomic E-state index is 0.670. The number of nitrogens with one attached hydrogen (secondary N) is 1. The summed E-state index contributed by atoms with van der Waals surface area (Å²) in [4.78, 5) is 4.45. The van der Waals surface area contributed by atoms with E-state index in [1.54, 1.807) is 0 Å². The molecule has 0 saturated carbocycles. The molecule has 3 heteroatoms. The van der Waals surface area contributed by atoms with E-state index in [-0.39, 0.29) is 0 Å². The number of nitrogens with two attached hydrogens (primary N) is 1. The zero-order chi connectivity index (χ0) is 15.2. The Balaban J connectivity index is 2.12. The van der Waals surface area contributed by atoms with Gasteiger partial charge in [-0.3, -0.25) is 4.99 Å². The van der Waals surface area contributed by atoms with Gasteiger partial charge in [0, 0.05) is 11.9 Å². The first kappa shape index (κ1) is 14.9. The predicted molar refractivity (Wildman–Crippen MR) is 92.3 cm³/mol. The van der Waals surface area contributed by atoms with Gasteiger partial charge < -0.3 is 11.1 Å². The Labute approximate surface area is 126 Å². The summed E-state index contributed by atoms with van der Waals surface area (Å²) in [6.07, 6.45) is 2.71. The molecule has 0 spiro atoms. The molecule has 0 amide bonds. The van der Waals surface area contributed by atoms with Crippen LogP contribution in [0, 0.1) is 6.92 Å². The maximum Gasteiger partial charge on any atom is 0.0651 e. The number of nitrogens with zero attached hydrogens (tertiary/aromatic N) is 1. The lowest BCUT2D eigenvalue weighted by molar-refractivity contribution is 1.12. The summed E-state index contributed by atoms with van der Waals surface area (Å²) < 4.78 is 0. The smallest absolute Gasteiger partial charge is 0.0651 e. The molecule has 3 N–H and O–H groups in total. The lowest BCUT2D eigenvalue weighted by Crippen LogP contribution is -2.00. The van der Waals surface area contributed by atoms with Crippen molar-refractivity contribution in [3.05, 3.63) is 65.9 Å². The van der Waals surface area contributed by atoms with Gasteiger partial charge in [0.15, 0.2) is 0 Å². The molecule has 0 unspecified atom stereocenters. The Hall–Kier alpha value is -2.55. The maximum absolute atomic E-state index is 6.04.